The lowest BCUT2D eigenvalue weighted by atomic mass is 9.98. The highest BCUT2D eigenvalue weighted by molar-refractivity contribution is 5.98. The number of ether oxygens (including phenoxy) is 2. The zero-order chi connectivity index (χ0) is 59.2. The molecule has 0 fully saturated rings. The molecule has 83 heavy (non-hydrogen) atoms. The van der Waals surface area contributed by atoms with Crippen molar-refractivity contribution in [2.24, 2.45) is 5.73 Å². The van der Waals surface area contributed by atoms with E-state index in [1.165, 1.54) is 24.3 Å². The topological polar surface area (TPSA) is 241 Å². The van der Waals surface area contributed by atoms with Crippen molar-refractivity contribution < 1.29 is 43.6 Å². The lowest BCUT2D eigenvalue weighted by Gasteiger charge is -2.15. The predicted molar refractivity (Wildman–Crippen MR) is 319 cm³/mol. The molecule has 0 bridgehead atoms. The number of nitrogens with two attached hydrogens (primary N) is 1. The van der Waals surface area contributed by atoms with Gasteiger partial charge in [0.1, 0.15) is 0 Å². The first-order valence-electron chi connectivity index (χ1n) is 26.7. The molecular weight excluding hydrogens is 1050 g/mol. The van der Waals surface area contributed by atoms with Crippen molar-refractivity contribution >= 4 is 57.0 Å². The summed E-state index contributed by atoms with van der Waals surface area (Å²) in [7, 11) is 0. The van der Waals surface area contributed by atoms with Gasteiger partial charge < -0.3 is 34.8 Å². The summed E-state index contributed by atoms with van der Waals surface area (Å²) in [6.45, 7) is 9.21. The molecular formula is C66H60N6O11. The van der Waals surface area contributed by atoms with Gasteiger partial charge in [-0.25, -0.2) is 14.4 Å². The Kier molecular flexibility index (Phi) is 19.1. The number of carboxylic acid groups (broad SMARTS) is 1. The zero-order valence-electron chi connectivity index (χ0n) is 46.0. The van der Waals surface area contributed by atoms with Crippen LogP contribution in [-0.2, 0) is 22.6 Å². The van der Waals surface area contributed by atoms with E-state index in [0.29, 0.717) is 43.0 Å². The molecule has 2 aromatic heterocycles. The van der Waals surface area contributed by atoms with E-state index in [2.05, 4.69) is 38.7 Å². The molecule has 0 aliphatic heterocycles. The molecule has 4 N–H and O–H groups in total. The standard InChI is InChI=1S/C33H29N3O5.C25H21NO4.C8H10N2O2/c1-3-41-33(38)25-10-8-24(9-11-25)30-7-5-4-6-28(30)21-35-19-18-26-20-27(14-17-31(26)35)32(37)34-22(2)23-12-15-29(16-13-23)36(39)40;1-2-30-25(29)18-9-7-17(8-10-18)22-6-4-3-5-21(22)16-26-14-13-19-15-20(24(27)28)11-12-23(19)26;1-6(9)7-2-4-8(5-3-7)10(11)12/h4-20,22H,3,21H2,1-2H3,(H,34,37);3-15H,2,16H2,1H3,(H,27,28);2-6H,9H2,1H3/t22-;;6-/m0.0/s1. The van der Waals surface area contributed by atoms with Gasteiger partial charge in [-0.2, -0.15) is 0 Å². The fraction of sp³-hybridized carbons (Fsp3) is 0.152. The second-order valence-corrected chi connectivity index (χ2v) is 19.3. The second-order valence-electron chi connectivity index (χ2n) is 19.3. The molecule has 17 nitrogen and oxygen atoms in total. The van der Waals surface area contributed by atoms with Crippen molar-refractivity contribution in [3.8, 4) is 22.3 Å². The van der Waals surface area contributed by atoms with Crippen LogP contribution in [0.1, 0.15) is 103 Å². The summed E-state index contributed by atoms with van der Waals surface area (Å²) in [5.41, 5.74) is 17.6. The Morgan fingerprint density at radius 2 is 0.928 bits per heavy atom. The number of fused-ring (bicyclic) bond motifs is 2. The van der Waals surface area contributed by atoms with Crippen LogP contribution in [0.4, 0.5) is 11.4 Å². The van der Waals surface area contributed by atoms with E-state index < -0.39 is 15.8 Å². The number of carboxylic acids is 1. The number of nitrogens with one attached hydrogen (secondary N) is 1. The maximum Gasteiger partial charge on any atom is 0.338 e. The average Bonchev–Trinajstić information content (AvgIpc) is 4.12. The first-order valence-corrected chi connectivity index (χ1v) is 26.7. The number of nitro benzene ring substituents is 2. The van der Waals surface area contributed by atoms with Crippen molar-refractivity contribution in [3.63, 3.8) is 0 Å². The number of benzene rings is 8. The van der Waals surface area contributed by atoms with E-state index >= 15 is 0 Å². The number of carbonyl (C=O) groups is 4. The number of nitro groups is 2. The molecule has 0 saturated heterocycles. The number of esters is 2. The third-order valence-electron chi connectivity index (χ3n) is 13.8. The van der Waals surface area contributed by atoms with Crippen molar-refractivity contribution in [1.82, 2.24) is 14.5 Å². The van der Waals surface area contributed by atoms with Gasteiger partial charge in [0.15, 0.2) is 0 Å². The molecule has 0 spiro atoms. The molecule has 420 valence electrons. The van der Waals surface area contributed by atoms with Gasteiger partial charge in [-0.3, -0.25) is 25.0 Å². The maximum absolute atomic E-state index is 13.0. The number of aromatic nitrogens is 2. The minimum absolute atomic E-state index is 0.0109. The van der Waals surface area contributed by atoms with Gasteiger partial charge in [-0.05, 0) is 145 Å². The smallest absolute Gasteiger partial charge is 0.338 e. The van der Waals surface area contributed by atoms with E-state index in [1.807, 2.05) is 105 Å². The van der Waals surface area contributed by atoms with Gasteiger partial charge in [-0.15, -0.1) is 0 Å². The third-order valence-corrected chi connectivity index (χ3v) is 13.8. The predicted octanol–water partition coefficient (Wildman–Crippen LogP) is 13.8. The number of non-ortho nitro benzene ring substituents is 2. The number of amides is 1. The van der Waals surface area contributed by atoms with Crippen LogP contribution in [-0.4, -0.2) is 61.1 Å². The molecule has 2 heterocycles. The molecule has 0 radical (unpaired) electrons. The molecule has 0 aliphatic carbocycles. The van der Waals surface area contributed by atoms with Gasteiger partial charge in [0.2, 0.25) is 0 Å². The summed E-state index contributed by atoms with van der Waals surface area (Å²) in [6.07, 6.45) is 3.98. The average molecular weight is 1110 g/mol. The summed E-state index contributed by atoms with van der Waals surface area (Å²) in [6, 6.07) is 57.8. The molecule has 0 aliphatic rings. The Balaban J connectivity index is 0.000000186. The van der Waals surface area contributed by atoms with Crippen LogP contribution in [0, 0.1) is 20.2 Å². The van der Waals surface area contributed by atoms with Crippen molar-refractivity contribution in [1.29, 1.82) is 0 Å². The molecule has 0 saturated carbocycles. The van der Waals surface area contributed by atoms with Gasteiger partial charge in [0, 0.05) is 83.2 Å². The number of carbonyl (C=O) groups excluding carboxylic acids is 3. The third kappa shape index (κ3) is 14.6. The molecule has 8 aromatic carbocycles. The van der Waals surface area contributed by atoms with E-state index in [-0.39, 0.29) is 46.9 Å². The summed E-state index contributed by atoms with van der Waals surface area (Å²) in [5, 5.41) is 35.2. The van der Waals surface area contributed by atoms with Crippen molar-refractivity contribution in [2.45, 2.75) is 52.9 Å². The lowest BCUT2D eigenvalue weighted by Crippen LogP contribution is -2.26. The van der Waals surface area contributed by atoms with E-state index in [9.17, 15) is 44.5 Å². The monoisotopic (exact) mass is 1110 g/mol. The van der Waals surface area contributed by atoms with Gasteiger partial charge in [-0.1, -0.05) is 97.1 Å². The quantitative estimate of drug-likeness (QED) is 0.0438. The normalized spacial score (nSPS) is 11.5. The fourth-order valence-corrected chi connectivity index (χ4v) is 9.35. The summed E-state index contributed by atoms with van der Waals surface area (Å²) >= 11 is 0. The molecule has 1 amide bonds. The SMILES string of the molecule is CCOC(=O)c1ccc(-c2ccccc2Cn2ccc3cc(C(=O)N[C@@H](C)c4ccc([N+](=O)[O-])cc4)ccc32)cc1.CCOC(=O)c1ccc(-c2ccccc2Cn2ccc3cc(C(=O)O)ccc32)cc1.C[C@H](N)c1ccc([N+](=O)[O-])cc1. The van der Waals surface area contributed by atoms with E-state index in [4.69, 9.17) is 15.2 Å². The van der Waals surface area contributed by atoms with Crippen LogP contribution in [0.2, 0.25) is 0 Å². The summed E-state index contributed by atoms with van der Waals surface area (Å²) < 4.78 is 14.4. The highest BCUT2D eigenvalue weighted by Crippen LogP contribution is 2.30. The maximum atomic E-state index is 13.0. The minimum Gasteiger partial charge on any atom is -0.478 e. The van der Waals surface area contributed by atoms with Crippen LogP contribution < -0.4 is 11.1 Å². The van der Waals surface area contributed by atoms with Crippen molar-refractivity contribution in [2.75, 3.05) is 13.2 Å². The first kappa shape index (κ1) is 58.6. The molecule has 10 aromatic rings. The van der Waals surface area contributed by atoms with Gasteiger partial charge in [0.05, 0.1) is 45.8 Å². The number of nitrogens with zero attached hydrogens (tertiary/aromatic N) is 4. The van der Waals surface area contributed by atoms with Crippen LogP contribution >= 0.6 is 0 Å². The Hall–Kier alpha value is -10.5. The Morgan fingerprint density at radius 3 is 1.34 bits per heavy atom. The van der Waals surface area contributed by atoms with Crippen LogP contribution in [0.5, 0.6) is 0 Å². The molecule has 10 rings (SSSR count). The highest BCUT2D eigenvalue weighted by Gasteiger charge is 2.17. The molecule has 2 atom stereocenters. The largest absolute Gasteiger partial charge is 0.478 e. The van der Waals surface area contributed by atoms with E-state index in [0.717, 1.165) is 66.3 Å². The number of aromatic carboxylic acids is 1. The second kappa shape index (κ2) is 27.1. The first-order chi connectivity index (χ1) is 40.0. The van der Waals surface area contributed by atoms with Crippen LogP contribution in [0.25, 0.3) is 44.1 Å². The number of hydrogen-bond acceptors (Lipinski definition) is 11. The Morgan fingerprint density at radius 1 is 0.530 bits per heavy atom. The molecule has 0 unspecified atom stereocenters. The highest BCUT2D eigenvalue weighted by atomic mass is 16.6. The summed E-state index contributed by atoms with van der Waals surface area (Å²) in [4.78, 5) is 68.4. The number of hydrogen-bond donors (Lipinski definition) is 3. The zero-order valence-corrected chi connectivity index (χ0v) is 46.0. The van der Waals surface area contributed by atoms with Gasteiger partial charge in [0.25, 0.3) is 17.3 Å². The van der Waals surface area contributed by atoms with Crippen LogP contribution in [0.15, 0.2) is 207 Å². The summed E-state index contributed by atoms with van der Waals surface area (Å²) in [5.74, 6) is -1.81. The Bertz CT molecular complexity index is 3940. The number of rotatable bonds is 17. The van der Waals surface area contributed by atoms with Crippen molar-refractivity contribution in [3.05, 3.63) is 271 Å². The van der Waals surface area contributed by atoms with E-state index in [1.54, 1.807) is 80.6 Å². The van der Waals surface area contributed by atoms with Crippen LogP contribution in [0.3, 0.4) is 0 Å². The van der Waals surface area contributed by atoms with Gasteiger partial charge >= 0.3 is 17.9 Å². The Labute approximate surface area is 478 Å². The molecule has 17 heteroatoms. The lowest BCUT2D eigenvalue weighted by molar-refractivity contribution is -0.385. The fourth-order valence-electron chi connectivity index (χ4n) is 9.35. The minimum atomic E-state index is -0.929.